The maximum absolute atomic E-state index is 13.2. The summed E-state index contributed by atoms with van der Waals surface area (Å²) in [6, 6.07) is 11.3. The molecular formula is C18H21FN2O3S. The Hall–Kier alpha value is -2.41. The van der Waals surface area contributed by atoms with Crippen molar-refractivity contribution in [1.82, 2.24) is 0 Å². The molecule has 1 N–H and O–H groups in total. The lowest BCUT2D eigenvalue weighted by Gasteiger charge is -2.30. The quantitative estimate of drug-likeness (QED) is 0.855. The number of amides is 1. The van der Waals surface area contributed by atoms with Gasteiger partial charge in [-0.25, -0.2) is 12.8 Å². The van der Waals surface area contributed by atoms with Gasteiger partial charge in [-0.2, -0.15) is 0 Å². The Bertz CT molecular complexity index is 834. The highest BCUT2D eigenvalue weighted by Crippen LogP contribution is 2.23. The number of nitrogens with one attached hydrogen (secondary N) is 1. The van der Waals surface area contributed by atoms with Crippen LogP contribution in [-0.2, 0) is 14.8 Å². The fraction of sp³-hybridized carbons (Fsp3) is 0.278. The molecule has 1 atom stereocenters. The van der Waals surface area contributed by atoms with Crippen molar-refractivity contribution in [2.75, 3.05) is 15.9 Å². The number of rotatable bonds is 6. The largest absolute Gasteiger partial charge is 0.324 e. The van der Waals surface area contributed by atoms with E-state index in [4.69, 9.17) is 0 Å². The van der Waals surface area contributed by atoms with Crippen molar-refractivity contribution < 1.29 is 17.6 Å². The Morgan fingerprint density at radius 3 is 2.16 bits per heavy atom. The summed E-state index contributed by atoms with van der Waals surface area (Å²) >= 11 is 0. The van der Waals surface area contributed by atoms with Gasteiger partial charge in [0.1, 0.15) is 11.9 Å². The number of hydrogen-bond donors (Lipinski definition) is 1. The number of sulfonamides is 1. The maximum atomic E-state index is 13.2. The van der Waals surface area contributed by atoms with Crippen LogP contribution < -0.4 is 9.62 Å². The van der Waals surface area contributed by atoms with Gasteiger partial charge >= 0.3 is 0 Å². The van der Waals surface area contributed by atoms with Gasteiger partial charge in [-0.05, 0) is 49.7 Å². The number of carbonyl (C=O) groups excluding carboxylic acids is 1. The Morgan fingerprint density at radius 2 is 1.68 bits per heavy atom. The first kappa shape index (κ1) is 18.9. The summed E-state index contributed by atoms with van der Waals surface area (Å²) in [4.78, 5) is 12.7. The first-order valence-electron chi connectivity index (χ1n) is 7.85. The highest BCUT2D eigenvalue weighted by molar-refractivity contribution is 7.92. The molecule has 0 aliphatic rings. The van der Waals surface area contributed by atoms with E-state index in [1.54, 1.807) is 19.1 Å². The van der Waals surface area contributed by atoms with E-state index in [1.807, 2.05) is 19.1 Å². The predicted molar refractivity (Wildman–Crippen MR) is 97.6 cm³/mol. The minimum Gasteiger partial charge on any atom is -0.324 e. The van der Waals surface area contributed by atoms with E-state index in [-0.39, 0.29) is 12.1 Å². The van der Waals surface area contributed by atoms with Crippen LogP contribution >= 0.6 is 0 Å². The van der Waals surface area contributed by atoms with Crippen LogP contribution in [-0.4, -0.2) is 26.6 Å². The summed E-state index contributed by atoms with van der Waals surface area (Å²) in [5.41, 5.74) is 1.88. The highest BCUT2D eigenvalue weighted by Gasteiger charge is 2.31. The van der Waals surface area contributed by atoms with Crippen molar-refractivity contribution in [2.24, 2.45) is 0 Å². The molecule has 1 amide bonds. The summed E-state index contributed by atoms with van der Waals surface area (Å²) < 4.78 is 38.7. The van der Waals surface area contributed by atoms with E-state index < -0.39 is 27.8 Å². The lowest BCUT2D eigenvalue weighted by Crippen LogP contribution is -2.47. The standard InChI is InChI=1S/C18H21FN2O3S/c1-4-17(18(22)20-15-9-5-13(2)6-10-15)21(25(3,23)24)16-11-7-14(19)8-12-16/h5-12,17H,4H2,1-3H3,(H,20,22)/t17-/m0/s1. The smallest absolute Gasteiger partial charge is 0.248 e. The van der Waals surface area contributed by atoms with Gasteiger partial charge < -0.3 is 5.32 Å². The minimum atomic E-state index is -3.74. The van der Waals surface area contributed by atoms with Crippen LogP contribution in [0, 0.1) is 12.7 Å². The zero-order valence-corrected chi connectivity index (χ0v) is 15.2. The Kier molecular flexibility index (Phi) is 5.79. The molecule has 0 saturated carbocycles. The van der Waals surface area contributed by atoms with Gasteiger partial charge in [0, 0.05) is 5.69 Å². The monoisotopic (exact) mass is 364 g/mol. The minimum absolute atomic E-state index is 0.245. The molecule has 0 radical (unpaired) electrons. The van der Waals surface area contributed by atoms with Crippen molar-refractivity contribution in [3.8, 4) is 0 Å². The molecule has 0 unspecified atom stereocenters. The second-order valence-electron chi connectivity index (χ2n) is 5.81. The van der Waals surface area contributed by atoms with Crippen molar-refractivity contribution in [1.29, 1.82) is 0 Å². The predicted octanol–water partition coefficient (Wildman–Crippen LogP) is 3.32. The van der Waals surface area contributed by atoms with Gasteiger partial charge in [-0.3, -0.25) is 9.10 Å². The highest BCUT2D eigenvalue weighted by atomic mass is 32.2. The molecule has 2 rings (SSSR count). The maximum Gasteiger partial charge on any atom is 0.248 e. The Balaban J connectivity index is 2.34. The van der Waals surface area contributed by atoms with Crippen LogP contribution in [0.1, 0.15) is 18.9 Å². The molecule has 0 fully saturated rings. The number of nitrogens with zero attached hydrogens (tertiary/aromatic N) is 1. The molecule has 5 nitrogen and oxygen atoms in total. The summed E-state index contributed by atoms with van der Waals surface area (Å²) in [5.74, 6) is -0.921. The summed E-state index contributed by atoms with van der Waals surface area (Å²) in [5, 5.41) is 2.73. The van der Waals surface area contributed by atoms with Gasteiger partial charge in [0.05, 0.1) is 11.9 Å². The van der Waals surface area contributed by atoms with Crippen molar-refractivity contribution in [3.05, 3.63) is 59.9 Å². The van der Waals surface area contributed by atoms with Crippen molar-refractivity contribution in [2.45, 2.75) is 26.3 Å². The average molecular weight is 364 g/mol. The summed E-state index contributed by atoms with van der Waals surface area (Å²) in [7, 11) is -3.74. The molecule has 25 heavy (non-hydrogen) atoms. The fourth-order valence-electron chi connectivity index (χ4n) is 2.51. The second-order valence-corrected chi connectivity index (χ2v) is 7.67. The first-order chi connectivity index (χ1) is 11.7. The lowest BCUT2D eigenvalue weighted by molar-refractivity contribution is -0.117. The molecule has 0 aliphatic heterocycles. The molecule has 0 spiro atoms. The van der Waals surface area contributed by atoms with Gasteiger partial charge in [-0.15, -0.1) is 0 Å². The fourth-order valence-corrected chi connectivity index (χ4v) is 3.72. The van der Waals surface area contributed by atoms with E-state index in [1.165, 1.54) is 12.1 Å². The van der Waals surface area contributed by atoms with Crippen LogP contribution in [0.25, 0.3) is 0 Å². The third-order valence-electron chi connectivity index (χ3n) is 3.73. The van der Waals surface area contributed by atoms with Gasteiger partial charge in [-0.1, -0.05) is 24.6 Å². The zero-order valence-electron chi connectivity index (χ0n) is 14.4. The third kappa shape index (κ3) is 4.79. The Morgan fingerprint density at radius 1 is 1.12 bits per heavy atom. The number of carbonyl (C=O) groups is 1. The average Bonchev–Trinajstić information content (AvgIpc) is 2.54. The topological polar surface area (TPSA) is 66.5 Å². The summed E-state index contributed by atoms with van der Waals surface area (Å²) in [6.07, 6.45) is 1.29. The van der Waals surface area contributed by atoms with E-state index in [0.29, 0.717) is 5.69 Å². The molecule has 7 heteroatoms. The van der Waals surface area contributed by atoms with E-state index in [2.05, 4.69) is 5.32 Å². The number of anilines is 2. The van der Waals surface area contributed by atoms with Gasteiger partial charge in [0.2, 0.25) is 15.9 Å². The van der Waals surface area contributed by atoms with Crippen LogP contribution in [0.2, 0.25) is 0 Å². The molecule has 0 bridgehead atoms. The summed E-state index contributed by atoms with van der Waals surface area (Å²) in [6.45, 7) is 3.65. The van der Waals surface area contributed by atoms with E-state index >= 15 is 0 Å². The normalized spacial score (nSPS) is 12.5. The lowest BCUT2D eigenvalue weighted by atomic mass is 10.1. The zero-order chi connectivity index (χ0) is 18.6. The van der Waals surface area contributed by atoms with Crippen molar-refractivity contribution in [3.63, 3.8) is 0 Å². The van der Waals surface area contributed by atoms with E-state index in [0.717, 1.165) is 28.3 Å². The Labute approximate surface area is 147 Å². The number of halogens is 1. The first-order valence-corrected chi connectivity index (χ1v) is 9.69. The van der Waals surface area contributed by atoms with Gasteiger partial charge in [0.15, 0.2) is 0 Å². The molecule has 2 aromatic rings. The molecular weight excluding hydrogens is 343 g/mol. The molecule has 0 saturated heterocycles. The van der Waals surface area contributed by atoms with Gasteiger partial charge in [0.25, 0.3) is 0 Å². The molecule has 0 aliphatic carbocycles. The third-order valence-corrected chi connectivity index (χ3v) is 4.91. The van der Waals surface area contributed by atoms with Crippen LogP contribution in [0.15, 0.2) is 48.5 Å². The van der Waals surface area contributed by atoms with Crippen LogP contribution in [0.4, 0.5) is 15.8 Å². The SMILES string of the molecule is CC[C@@H](C(=O)Nc1ccc(C)cc1)N(c1ccc(F)cc1)S(C)(=O)=O. The van der Waals surface area contributed by atoms with Crippen LogP contribution in [0.3, 0.4) is 0 Å². The molecule has 0 heterocycles. The number of aryl methyl sites for hydroxylation is 1. The van der Waals surface area contributed by atoms with E-state index in [9.17, 15) is 17.6 Å². The number of benzene rings is 2. The molecule has 134 valence electrons. The second kappa shape index (κ2) is 7.65. The molecule has 0 aromatic heterocycles. The number of hydrogen-bond acceptors (Lipinski definition) is 3. The van der Waals surface area contributed by atoms with Crippen LogP contribution in [0.5, 0.6) is 0 Å². The van der Waals surface area contributed by atoms with Crippen molar-refractivity contribution >= 4 is 27.3 Å². The molecule has 2 aromatic carbocycles.